The minimum Gasteiger partial charge on any atom is -0.367 e. The summed E-state index contributed by atoms with van der Waals surface area (Å²) in [7, 11) is 0. The van der Waals surface area contributed by atoms with E-state index in [1.54, 1.807) is 0 Å². The maximum Gasteiger partial charge on any atom is 0.145 e. The maximum atomic E-state index is 5.54. The topological polar surface area (TPSA) is 75.9 Å². The summed E-state index contributed by atoms with van der Waals surface area (Å²) in [5, 5.41) is 4.33. The monoisotopic (exact) mass is 309 g/mol. The molecular weight excluding hydrogens is 282 g/mol. The molecule has 1 aliphatic rings. The number of hydrazine groups is 1. The third kappa shape index (κ3) is 4.48. The molecular formula is C15H27N5S. The van der Waals surface area contributed by atoms with Crippen LogP contribution >= 0.6 is 11.8 Å². The van der Waals surface area contributed by atoms with Gasteiger partial charge in [-0.3, -0.25) is 0 Å². The fourth-order valence-corrected chi connectivity index (χ4v) is 3.46. The summed E-state index contributed by atoms with van der Waals surface area (Å²) in [5.74, 6) is 7.87. The van der Waals surface area contributed by atoms with Crippen molar-refractivity contribution in [3.8, 4) is 0 Å². The van der Waals surface area contributed by atoms with Gasteiger partial charge in [0.05, 0.1) is 0 Å². The van der Waals surface area contributed by atoms with Crippen molar-refractivity contribution in [3.05, 3.63) is 11.9 Å². The van der Waals surface area contributed by atoms with Gasteiger partial charge in [-0.15, -0.1) is 0 Å². The molecule has 1 aromatic rings. The van der Waals surface area contributed by atoms with Gasteiger partial charge in [-0.2, -0.15) is 11.8 Å². The Bertz CT molecular complexity index is 472. The van der Waals surface area contributed by atoms with E-state index in [0.717, 1.165) is 16.9 Å². The number of nitrogens with one attached hydrogen (secondary N) is 2. The van der Waals surface area contributed by atoms with E-state index in [1.165, 1.54) is 25.7 Å². The molecule has 0 radical (unpaired) electrons. The van der Waals surface area contributed by atoms with Crippen LogP contribution in [-0.4, -0.2) is 27.5 Å². The smallest absolute Gasteiger partial charge is 0.145 e. The lowest BCUT2D eigenvalue weighted by molar-refractivity contribution is 0.471. The molecule has 0 amide bonds. The van der Waals surface area contributed by atoms with E-state index in [1.807, 2.05) is 17.8 Å². The van der Waals surface area contributed by atoms with Crippen molar-refractivity contribution in [3.63, 3.8) is 0 Å². The molecule has 1 heterocycles. The SMILES string of the molecule is CSC1CCCC(Nc2cc(NN)nc(C(C)(C)C)n2)C1. The first-order chi connectivity index (χ1) is 9.92. The van der Waals surface area contributed by atoms with Gasteiger partial charge in [0.1, 0.15) is 17.5 Å². The van der Waals surface area contributed by atoms with Gasteiger partial charge < -0.3 is 10.7 Å². The van der Waals surface area contributed by atoms with Crippen molar-refractivity contribution in [2.75, 3.05) is 17.0 Å². The van der Waals surface area contributed by atoms with Gasteiger partial charge in [0, 0.05) is 22.8 Å². The van der Waals surface area contributed by atoms with Crippen LogP contribution in [0.25, 0.3) is 0 Å². The summed E-state index contributed by atoms with van der Waals surface area (Å²) >= 11 is 1.97. The van der Waals surface area contributed by atoms with E-state index < -0.39 is 0 Å². The number of thioether (sulfide) groups is 1. The highest BCUT2D eigenvalue weighted by Crippen LogP contribution is 2.29. The van der Waals surface area contributed by atoms with Gasteiger partial charge in [-0.05, 0) is 25.5 Å². The summed E-state index contributed by atoms with van der Waals surface area (Å²) in [6.07, 6.45) is 7.21. The molecule has 0 spiro atoms. The van der Waals surface area contributed by atoms with Crippen molar-refractivity contribution in [2.45, 2.75) is 63.2 Å². The number of nitrogen functional groups attached to an aromatic ring is 1. The van der Waals surface area contributed by atoms with Gasteiger partial charge in [0.15, 0.2) is 0 Å². The Labute approximate surface area is 131 Å². The van der Waals surface area contributed by atoms with Crippen molar-refractivity contribution in [2.24, 2.45) is 5.84 Å². The van der Waals surface area contributed by atoms with Crippen LogP contribution in [-0.2, 0) is 5.41 Å². The van der Waals surface area contributed by atoms with Crippen molar-refractivity contribution < 1.29 is 0 Å². The van der Waals surface area contributed by atoms with Crippen LogP contribution in [0.1, 0.15) is 52.3 Å². The molecule has 118 valence electrons. The van der Waals surface area contributed by atoms with Gasteiger partial charge in [-0.25, -0.2) is 15.8 Å². The molecule has 1 aliphatic carbocycles. The number of aromatic nitrogens is 2. The third-order valence-corrected chi connectivity index (χ3v) is 4.95. The maximum absolute atomic E-state index is 5.54. The Morgan fingerprint density at radius 2 is 1.95 bits per heavy atom. The highest BCUT2D eigenvalue weighted by molar-refractivity contribution is 7.99. The minimum atomic E-state index is -0.0995. The highest BCUT2D eigenvalue weighted by atomic mass is 32.2. The number of rotatable bonds is 4. The van der Waals surface area contributed by atoms with E-state index in [4.69, 9.17) is 5.84 Å². The van der Waals surface area contributed by atoms with Crippen LogP contribution in [0.3, 0.4) is 0 Å². The fraction of sp³-hybridized carbons (Fsp3) is 0.733. The Morgan fingerprint density at radius 1 is 1.24 bits per heavy atom. The molecule has 1 aromatic heterocycles. The van der Waals surface area contributed by atoms with Crippen LogP contribution in [0, 0.1) is 0 Å². The molecule has 0 aromatic carbocycles. The second kappa shape index (κ2) is 6.83. The third-order valence-electron chi connectivity index (χ3n) is 3.86. The molecule has 0 saturated heterocycles. The highest BCUT2D eigenvalue weighted by Gasteiger charge is 2.23. The molecule has 2 atom stereocenters. The molecule has 21 heavy (non-hydrogen) atoms. The average Bonchev–Trinajstić information content (AvgIpc) is 2.46. The summed E-state index contributed by atoms with van der Waals surface area (Å²) < 4.78 is 0. The van der Waals surface area contributed by atoms with Crippen LogP contribution in [0.15, 0.2) is 6.07 Å². The largest absolute Gasteiger partial charge is 0.367 e. The predicted octanol–water partition coefficient (Wildman–Crippen LogP) is 3.15. The number of anilines is 2. The summed E-state index contributed by atoms with van der Waals surface area (Å²) in [5.41, 5.74) is 2.54. The molecule has 6 heteroatoms. The van der Waals surface area contributed by atoms with Gasteiger partial charge in [0.25, 0.3) is 0 Å². The van der Waals surface area contributed by atoms with Crippen molar-refractivity contribution >= 4 is 23.4 Å². The zero-order chi connectivity index (χ0) is 15.5. The van der Waals surface area contributed by atoms with E-state index in [0.29, 0.717) is 11.9 Å². The van der Waals surface area contributed by atoms with Gasteiger partial charge in [-0.1, -0.05) is 27.2 Å². The molecule has 1 saturated carbocycles. The summed E-state index contributed by atoms with van der Waals surface area (Å²) in [6.45, 7) is 6.32. The number of hydrogen-bond donors (Lipinski definition) is 3. The first kappa shape index (κ1) is 16.4. The van der Waals surface area contributed by atoms with E-state index >= 15 is 0 Å². The molecule has 0 bridgehead atoms. The Kier molecular flexibility index (Phi) is 5.32. The molecule has 4 N–H and O–H groups in total. The van der Waals surface area contributed by atoms with Gasteiger partial charge >= 0.3 is 0 Å². The second-order valence-electron chi connectivity index (χ2n) is 6.72. The summed E-state index contributed by atoms with van der Waals surface area (Å²) in [6, 6.07) is 2.38. The van der Waals surface area contributed by atoms with Crippen LogP contribution in [0.2, 0.25) is 0 Å². The van der Waals surface area contributed by atoms with Crippen molar-refractivity contribution in [1.29, 1.82) is 0 Å². The Balaban J connectivity index is 2.15. The van der Waals surface area contributed by atoms with Crippen LogP contribution in [0.4, 0.5) is 11.6 Å². The number of nitrogens with zero attached hydrogens (tertiary/aromatic N) is 2. The molecule has 2 rings (SSSR count). The van der Waals surface area contributed by atoms with Gasteiger partial charge in [0.2, 0.25) is 0 Å². The predicted molar refractivity (Wildman–Crippen MR) is 91.7 cm³/mol. The molecule has 2 unspecified atom stereocenters. The average molecular weight is 309 g/mol. The lowest BCUT2D eigenvalue weighted by Gasteiger charge is -2.29. The standard InChI is InChI=1S/C15H27N5S/c1-15(2,3)14-18-12(9-13(19-14)20-16)17-10-6-5-7-11(8-10)21-4/h9-11H,5-8,16H2,1-4H3,(H2,17,18,19,20). The minimum absolute atomic E-state index is 0.0995. The molecule has 0 aliphatic heterocycles. The van der Waals surface area contributed by atoms with Crippen LogP contribution < -0.4 is 16.6 Å². The van der Waals surface area contributed by atoms with E-state index in [9.17, 15) is 0 Å². The number of nitrogens with two attached hydrogens (primary N) is 1. The quantitative estimate of drug-likeness (QED) is 0.586. The van der Waals surface area contributed by atoms with E-state index in [-0.39, 0.29) is 5.41 Å². The molecule has 1 fully saturated rings. The Hall–Kier alpha value is -1.01. The molecule has 5 nitrogen and oxygen atoms in total. The lowest BCUT2D eigenvalue weighted by Crippen LogP contribution is -2.29. The zero-order valence-corrected chi connectivity index (χ0v) is 14.3. The Morgan fingerprint density at radius 3 is 2.57 bits per heavy atom. The lowest BCUT2D eigenvalue weighted by atomic mass is 9.94. The number of hydrogen-bond acceptors (Lipinski definition) is 6. The van der Waals surface area contributed by atoms with Crippen LogP contribution in [0.5, 0.6) is 0 Å². The normalized spacial score (nSPS) is 22.9. The second-order valence-corrected chi connectivity index (χ2v) is 7.86. The first-order valence-electron chi connectivity index (χ1n) is 7.58. The zero-order valence-electron chi connectivity index (χ0n) is 13.4. The first-order valence-corrected chi connectivity index (χ1v) is 8.86. The van der Waals surface area contributed by atoms with Crippen molar-refractivity contribution in [1.82, 2.24) is 9.97 Å². The fourth-order valence-electron chi connectivity index (χ4n) is 2.63. The van der Waals surface area contributed by atoms with E-state index in [2.05, 4.69) is 47.7 Å². The summed E-state index contributed by atoms with van der Waals surface area (Å²) in [4.78, 5) is 9.13.